The lowest BCUT2D eigenvalue weighted by Crippen LogP contribution is -2.47. The quantitative estimate of drug-likeness (QED) is 0.739. The first-order chi connectivity index (χ1) is 6.87. The van der Waals surface area contributed by atoms with E-state index in [2.05, 4.69) is 17.6 Å². The molecule has 0 saturated heterocycles. The number of amides is 2. The van der Waals surface area contributed by atoms with Crippen molar-refractivity contribution in [3.63, 3.8) is 0 Å². The van der Waals surface area contributed by atoms with E-state index in [9.17, 15) is 4.79 Å². The number of hydrogen-bond acceptors (Lipinski definition) is 1. The summed E-state index contributed by atoms with van der Waals surface area (Å²) in [6.07, 6.45) is 5.00. The molecule has 1 aliphatic rings. The number of nitrogens with one attached hydrogen (secondary N) is 2. The zero-order valence-corrected chi connectivity index (χ0v) is 10.4. The van der Waals surface area contributed by atoms with E-state index < -0.39 is 0 Å². The summed E-state index contributed by atoms with van der Waals surface area (Å²) in [5.41, 5.74) is 0.287. The summed E-state index contributed by atoms with van der Waals surface area (Å²) in [5.74, 6) is 0. The van der Waals surface area contributed by atoms with Gasteiger partial charge in [-0.05, 0) is 45.4 Å². The van der Waals surface area contributed by atoms with Crippen LogP contribution >= 0.6 is 0 Å². The molecule has 0 aliphatic heterocycles. The molecule has 0 spiro atoms. The van der Waals surface area contributed by atoms with Gasteiger partial charge in [-0.2, -0.15) is 0 Å². The molecule has 0 atom stereocenters. The van der Waals surface area contributed by atoms with Crippen molar-refractivity contribution < 1.29 is 4.79 Å². The smallest absolute Gasteiger partial charge is 0.315 e. The van der Waals surface area contributed by atoms with Gasteiger partial charge in [0.25, 0.3) is 0 Å². The minimum absolute atomic E-state index is 0.0371. The van der Waals surface area contributed by atoms with Crippen LogP contribution in [0.2, 0.25) is 0 Å². The molecule has 0 aromatic carbocycles. The highest BCUT2D eigenvalue weighted by molar-refractivity contribution is 5.74. The molecule has 1 rings (SSSR count). The first-order valence-corrected chi connectivity index (χ1v) is 5.93. The van der Waals surface area contributed by atoms with E-state index in [-0.39, 0.29) is 11.6 Å². The predicted molar refractivity (Wildman–Crippen MR) is 62.9 cm³/mol. The first-order valence-electron chi connectivity index (χ1n) is 5.93. The van der Waals surface area contributed by atoms with Crippen LogP contribution in [0.5, 0.6) is 0 Å². The second-order valence-corrected chi connectivity index (χ2v) is 5.81. The zero-order valence-electron chi connectivity index (χ0n) is 10.4. The van der Waals surface area contributed by atoms with E-state index in [0.717, 1.165) is 6.54 Å². The fourth-order valence-electron chi connectivity index (χ4n) is 1.87. The van der Waals surface area contributed by atoms with Crippen molar-refractivity contribution in [1.82, 2.24) is 10.6 Å². The van der Waals surface area contributed by atoms with E-state index in [1.807, 2.05) is 20.8 Å². The van der Waals surface area contributed by atoms with Crippen molar-refractivity contribution >= 4 is 6.03 Å². The van der Waals surface area contributed by atoms with E-state index in [1.165, 1.54) is 25.7 Å². The van der Waals surface area contributed by atoms with Crippen LogP contribution in [-0.4, -0.2) is 18.1 Å². The third-order valence-electron chi connectivity index (χ3n) is 2.85. The average molecular weight is 212 g/mol. The topological polar surface area (TPSA) is 41.1 Å². The van der Waals surface area contributed by atoms with Crippen LogP contribution in [-0.2, 0) is 0 Å². The Bertz CT molecular complexity index is 226. The molecular formula is C12H24N2O. The van der Waals surface area contributed by atoms with Gasteiger partial charge in [0.1, 0.15) is 0 Å². The molecule has 0 aromatic rings. The highest BCUT2D eigenvalue weighted by Crippen LogP contribution is 2.48. The lowest BCUT2D eigenvalue weighted by molar-refractivity contribution is 0.228. The lowest BCUT2D eigenvalue weighted by Gasteiger charge is -2.22. The average Bonchev–Trinajstić information content (AvgIpc) is 2.80. The van der Waals surface area contributed by atoms with E-state index in [0.29, 0.717) is 5.41 Å². The Kier molecular flexibility index (Phi) is 3.63. The van der Waals surface area contributed by atoms with Crippen molar-refractivity contribution in [3.8, 4) is 0 Å². The highest BCUT2D eigenvalue weighted by Gasteiger charge is 2.41. The molecule has 15 heavy (non-hydrogen) atoms. The number of urea groups is 1. The maximum absolute atomic E-state index is 11.5. The van der Waals surface area contributed by atoms with E-state index in [4.69, 9.17) is 0 Å². The van der Waals surface area contributed by atoms with E-state index >= 15 is 0 Å². The molecule has 1 saturated carbocycles. The molecule has 88 valence electrons. The molecule has 0 aromatic heterocycles. The summed E-state index contributed by atoms with van der Waals surface area (Å²) >= 11 is 0. The normalized spacial score (nSPS) is 18.4. The number of carbonyl (C=O) groups is 1. The van der Waals surface area contributed by atoms with Crippen LogP contribution in [0.1, 0.15) is 53.4 Å². The van der Waals surface area contributed by atoms with Gasteiger partial charge < -0.3 is 10.6 Å². The maximum Gasteiger partial charge on any atom is 0.315 e. The Morgan fingerprint density at radius 2 is 1.93 bits per heavy atom. The SMILES string of the molecule is CCCC1(CNC(=O)NC(C)(C)C)CC1. The molecule has 0 radical (unpaired) electrons. The summed E-state index contributed by atoms with van der Waals surface area (Å²) in [7, 11) is 0. The predicted octanol–water partition coefficient (Wildman–Crippen LogP) is 2.66. The van der Waals surface area contributed by atoms with Gasteiger partial charge in [0.2, 0.25) is 0 Å². The van der Waals surface area contributed by atoms with Crippen molar-refractivity contribution in [2.75, 3.05) is 6.54 Å². The minimum Gasteiger partial charge on any atom is -0.338 e. The number of hydrogen-bond donors (Lipinski definition) is 2. The molecule has 1 fully saturated rings. The van der Waals surface area contributed by atoms with Gasteiger partial charge in [-0.3, -0.25) is 0 Å². The fraction of sp³-hybridized carbons (Fsp3) is 0.917. The molecule has 3 heteroatoms. The molecular weight excluding hydrogens is 188 g/mol. The molecule has 2 amide bonds. The fourth-order valence-corrected chi connectivity index (χ4v) is 1.87. The van der Waals surface area contributed by atoms with Crippen LogP contribution in [0.4, 0.5) is 4.79 Å². The summed E-state index contributed by atoms with van der Waals surface area (Å²) in [5, 5.41) is 5.89. The van der Waals surface area contributed by atoms with Gasteiger partial charge >= 0.3 is 6.03 Å². The molecule has 0 bridgehead atoms. The lowest BCUT2D eigenvalue weighted by atomic mass is 10.0. The van der Waals surface area contributed by atoms with Crippen LogP contribution < -0.4 is 10.6 Å². The maximum atomic E-state index is 11.5. The van der Waals surface area contributed by atoms with Gasteiger partial charge in [-0.15, -0.1) is 0 Å². The number of carbonyl (C=O) groups excluding carboxylic acids is 1. The van der Waals surface area contributed by atoms with Crippen LogP contribution in [0.15, 0.2) is 0 Å². The van der Waals surface area contributed by atoms with Crippen molar-refractivity contribution in [2.24, 2.45) is 5.41 Å². The third kappa shape index (κ3) is 4.54. The Morgan fingerprint density at radius 3 is 2.33 bits per heavy atom. The molecule has 2 N–H and O–H groups in total. The standard InChI is InChI=1S/C12H24N2O/c1-5-6-12(7-8-12)9-13-10(15)14-11(2,3)4/h5-9H2,1-4H3,(H2,13,14,15). The highest BCUT2D eigenvalue weighted by atomic mass is 16.2. The van der Waals surface area contributed by atoms with Gasteiger partial charge in [0.05, 0.1) is 0 Å². The second-order valence-electron chi connectivity index (χ2n) is 5.81. The van der Waals surface area contributed by atoms with Crippen LogP contribution in [0.3, 0.4) is 0 Å². The van der Waals surface area contributed by atoms with Gasteiger partial charge in [-0.25, -0.2) is 4.79 Å². The molecule has 1 aliphatic carbocycles. The monoisotopic (exact) mass is 212 g/mol. The summed E-state index contributed by atoms with van der Waals surface area (Å²) in [6.45, 7) is 9.01. The Labute approximate surface area is 93.0 Å². The van der Waals surface area contributed by atoms with Gasteiger partial charge in [0.15, 0.2) is 0 Å². The summed E-state index contributed by atoms with van der Waals surface area (Å²) in [6, 6.07) is -0.0371. The molecule has 3 nitrogen and oxygen atoms in total. The van der Waals surface area contributed by atoms with E-state index in [1.54, 1.807) is 0 Å². The molecule has 0 unspecified atom stereocenters. The Balaban J connectivity index is 2.23. The number of rotatable bonds is 4. The largest absolute Gasteiger partial charge is 0.338 e. The van der Waals surface area contributed by atoms with Crippen LogP contribution in [0.25, 0.3) is 0 Å². The summed E-state index contributed by atoms with van der Waals surface area (Å²) in [4.78, 5) is 11.5. The Morgan fingerprint density at radius 1 is 1.33 bits per heavy atom. The molecule has 0 heterocycles. The third-order valence-corrected chi connectivity index (χ3v) is 2.85. The second kappa shape index (κ2) is 4.42. The minimum atomic E-state index is -0.147. The summed E-state index contributed by atoms with van der Waals surface area (Å²) < 4.78 is 0. The van der Waals surface area contributed by atoms with Gasteiger partial charge in [-0.1, -0.05) is 13.3 Å². The first kappa shape index (κ1) is 12.3. The van der Waals surface area contributed by atoms with Crippen LogP contribution in [0, 0.1) is 5.41 Å². The Hall–Kier alpha value is -0.730. The van der Waals surface area contributed by atoms with Gasteiger partial charge in [0, 0.05) is 12.1 Å². The zero-order chi connectivity index (χ0) is 11.5. The van der Waals surface area contributed by atoms with Crippen molar-refractivity contribution in [3.05, 3.63) is 0 Å². The van der Waals surface area contributed by atoms with Crippen molar-refractivity contribution in [2.45, 2.75) is 58.9 Å². The van der Waals surface area contributed by atoms with Crippen molar-refractivity contribution in [1.29, 1.82) is 0 Å².